The molecule has 0 radical (unpaired) electrons. The highest BCUT2D eigenvalue weighted by atomic mass is 32.3. The molecule has 7 heteroatoms. The van der Waals surface area contributed by atoms with Crippen LogP contribution in [-0.2, 0) is 10.4 Å². The molecule has 0 fully saturated rings. The molecule has 0 saturated carbocycles. The summed E-state index contributed by atoms with van der Waals surface area (Å²) in [5, 5.41) is 12.0. The van der Waals surface area contributed by atoms with Crippen molar-refractivity contribution in [1.29, 1.82) is 10.8 Å². The van der Waals surface area contributed by atoms with Gasteiger partial charge in [-0.25, -0.2) is 0 Å². The molecule has 0 atom stereocenters. The van der Waals surface area contributed by atoms with Crippen LogP contribution in [0.25, 0.3) is 0 Å². The summed E-state index contributed by atoms with van der Waals surface area (Å²) in [7, 11) is -4.67. The molecule has 0 bridgehead atoms. The second-order valence-corrected chi connectivity index (χ2v) is 1.34. The highest BCUT2D eigenvalue weighted by Crippen LogP contribution is 1.59. The van der Waals surface area contributed by atoms with Crippen LogP contribution >= 0.6 is 0 Å². The fourth-order valence-corrected chi connectivity index (χ4v) is 0. The van der Waals surface area contributed by atoms with Gasteiger partial charge in [-0.3, -0.25) is 9.11 Å². The molecule has 0 heterocycles. The lowest BCUT2D eigenvalue weighted by atomic mass is 13.4. The Labute approximate surface area is 39.8 Å². The van der Waals surface area contributed by atoms with Crippen molar-refractivity contribution in [2.75, 3.05) is 0 Å². The number of rotatable bonds is 0. The van der Waals surface area contributed by atoms with Crippen molar-refractivity contribution < 1.29 is 17.5 Å². The molecule has 0 aliphatic carbocycles. The standard InChI is InChI=1S/N2.H2O4S/c1-2;1-5(2,3)4/h;(H2,1,2,3,4). The Bertz CT molecular complexity index is 121. The zero-order chi connectivity index (χ0) is 6.50. The van der Waals surface area contributed by atoms with Gasteiger partial charge in [-0.15, -0.1) is 0 Å². The molecule has 0 aromatic heterocycles. The Morgan fingerprint density at radius 1 is 1.14 bits per heavy atom. The molecule has 0 aromatic rings. The third-order valence-electron chi connectivity index (χ3n) is 0. The molecule has 2 N–H and O–H groups in total. The molecule has 0 rings (SSSR count). The quantitative estimate of drug-likeness (QED) is 0.329. The van der Waals surface area contributed by atoms with Gasteiger partial charge in [-0.1, -0.05) is 0 Å². The first-order valence-electron chi connectivity index (χ1n) is 0.898. The van der Waals surface area contributed by atoms with Crippen LogP contribution < -0.4 is 0 Å². The van der Waals surface area contributed by atoms with Crippen molar-refractivity contribution in [3.8, 4) is 0 Å². The van der Waals surface area contributed by atoms with Gasteiger partial charge in [0.05, 0.1) is 0 Å². The average Bonchev–Trinajstić information content (AvgIpc) is 1.36. The van der Waals surface area contributed by atoms with Gasteiger partial charge in [0.25, 0.3) is 0 Å². The Morgan fingerprint density at radius 3 is 1.14 bits per heavy atom. The van der Waals surface area contributed by atoms with E-state index in [1.165, 1.54) is 0 Å². The van der Waals surface area contributed by atoms with Crippen molar-refractivity contribution in [3.63, 3.8) is 0 Å². The van der Waals surface area contributed by atoms with E-state index in [-0.39, 0.29) is 0 Å². The Morgan fingerprint density at radius 2 is 1.14 bits per heavy atom. The molecule has 7 heavy (non-hydrogen) atoms. The fraction of sp³-hybridized carbons (Fsp3) is 0. The Kier molecular flexibility index (Phi) is 4.75. The van der Waals surface area contributed by atoms with Crippen LogP contribution in [0.15, 0.2) is 0 Å². The lowest BCUT2D eigenvalue weighted by molar-refractivity contribution is 0.381. The molecule has 0 amide bonds. The number of hydrogen-bond acceptors (Lipinski definition) is 4. The van der Waals surface area contributed by atoms with E-state index >= 15 is 0 Å². The molecule has 0 saturated heterocycles. The number of hydrogen-bond donors (Lipinski definition) is 2. The van der Waals surface area contributed by atoms with E-state index in [4.69, 9.17) is 28.3 Å². The zero-order valence-corrected chi connectivity index (χ0v) is 3.83. The monoisotopic (exact) mass is 126 g/mol. The van der Waals surface area contributed by atoms with Gasteiger partial charge in [0.15, 0.2) is 0 Å². The van der Waals surface area contributed by atoms with Crippen LogP contribution in [0.3, 0.4) is 0 Å². The average molecular weight is 126 g/mol. The topological polar surface area (TPSA) is 122 Å². The maximum Gasteiger partial charge on any atom is 0.394 e. The predicted octanol–water partition coefficient (Wildman–Crippen LogP) is -0.623. The first-order valence-corrected chi connectivity index (χ1v) is 2.30. The van der Waals surface area contributed by atoms with Crippen molar-refractivity contribution in [3.05, 3.63) is 0 Å². The van der Waals surface area contributed by atoms with Crippen LogP contribution in [0.5, 0.6) is 0 Å². The smallest absolute Gasteiger partial charge is 0.264 e. The summed E-state index contributed by atoms with van der Waals surface area (Å²) >= 11 is 0. The zero-order valence-electron chi connectivity index (χ0n) is 3.01. The van der Waals surface area contributed by atoms with E-state index in [1.807, 2.05) is 0 Å². The van der Waals surface area contributed by atoms with Gasteiger partial charge < -0.3 is 0 Å². The highest BCUT2D eigenvalue weighted by molar-refractivity contribution is 7.79. The predicted molar refractivity (Wildman–Crippen MR) is 17.6 cm³/mol. The third kappa shape index (κ3) is 114. The summed E-state index contributed by atoms with van der Waals surface area (Å²) in [5.74, 6) is 0. The second kappa shape index (κ2) is 3.48. The first kappa shape index (κ1) is 9.56. The third-order valence-corrected chi connectivity index (χ3v) is 0. The van der Waals surface area contributed by atoms with E-state index in [0.29, 0.717) is 0 Å². The Hall–Kier alpha value is -0.710. The minimum absolute atomic E-state index is 4.67. The minimum atomic E-state index is -4.67. The van der Waals surface area contributed by atoms with E-state index in [0.717, 1.165) is 0 Å². The maximum absolute atomic E-state index is 8.74. The molecule has 42 valence electrons. The van der Waals surface area contributed by atoms with Gasteiger partial charge in [0.1, 0.15) is 0 Å². The largest absolute Gasteiger partial charge is 0.394 e. The summed E-state index contributed by atoms with van der Waals surface area (Å²) < 4.78 is 31.6. The first-order chi connectivity index (χ1) is 3.00. The molecule has 0 unspecified atom stereocenters. The summed E-state index contributed by atoms with van der Waals surface area (Å²) in [6.07, 6.45) is 0. The normalized spacial score (nSPS) is 8.57. The van der Waals surface area contributed by atoms with Gasteiger partial charge in [-0.05, 0) is 0 Å². The van der Waals surface area contributed by atoms with Crippen molar-refractivity contribution in [2.24, 2.45) is 0 Å². The van der Waals surface area contributed by atoms with Crippen molar-refractivity contribution in [1.82, 2.24) is 0 Å². The summed E-state index contributed by atoms with van der Waals surface area (Å²) in [6, 6.07) is 0. The van der Waals surface area contributed by atoms with Crippen LogP contribution in [0, 0.1) is 10.8 Å². The van der Waals surface area contributed by atoms with Gasteiger partial charge in [0.2, 0.25) is 0 Å². The SMILES string of the molecule is N#N.O=S(=O)(O)O. The molecule has 6 nitrogen and oxygen atoms in total. The molecular weight excluding hydrogens is 124 g/mol. The van der Waals surface area contributed by atoms with Gasteiger partial charge in [0, 0.05) is 10.8 Å². The summed E-state index contributed by atoms with van der Waals surface area (Å²) in [5.41, 5.74) is 0. The maximum atomic E-state index is 8.74. The summed E-state index contributed by atoms with van der Waals surface area (Å²) in [6.45, 7) is 0. The molecule has 0 aromatic carbocycles. The van der Waals surface area contributed by atoms with Crippen LogP contribution in [0.4, 0.5) is 0 Å². The van der Waals surface area contributed by atoms with E-state index < -0.39 is 10.4 Å². The van der Waals surface area contributed by atoms with Gasteiger partial charge >= 0.3 is 10.4 Å². The van der Waals surface area contributed by atoms with Gasteiger partial charge in [-0.2, -0.15) is 8.42 Å². The highest BCUT2D eigenvalue weighted by Gasteiger charge is 1.84. The number of nitrogens with zero attached hydrogens (tertiary/aromatic N) is 2. The summed E-state index contributed by atoms with van der Waals surface area (Å²) in [4.78, 5) is 0. The van der Waals surface area contributed by atoms with Crippen LogP contribution in [0.2, 0.25) is 0 Å². The van der Waals surface area contributed by atoms with E-state index in [1.54, 1.807) is 0 Å². The molecule has 0 aliphatic rings. The molecular formula is H2N2O4S. The molecule has 0 aliphatic heterocycles. The fourth-order valence-electron chi connectivity index (χ4n) is 0. The van der Waals surface area contributed by atoms with Crippen molar-refractivity contribution >= 4 is 10.4 Å². The minimum Gasteiger partial charge on any atom is -0.264 e. The lowest BCUT2D eigenvalue weighted by Gasteiger charge is -1.68. The lowest BCUT2D eigenvalue weighted by Crippen LogP contribution is -1.89. The second-order valence-electron chi connectivity index (χ2n) is 0.448. The van der Waals surface area contributed by atoms with Crippen molar-refractivity contribution in [2.45, 2.75) is 0 Å². The van der Waals surface area contributed by atoms with Crippen LogP contribution in [0.1, 0.15) is 0 Å². The van der Waals surface area contributed by atoms with Crippen LogP contribution in [-0.4, -0.2) is 17.5 Å². The van der Waals surface area contributed by atoms with E-state index in [9.17, 15) is 0 Å². The molecule has 0 spiro atoms. The Balaban J connectivity index is 0. The van der Waals surface area contributed by atoms with E-state index in [2.05, 4.69) is 0 Å².